The molecule has 0 spiro atoms. The van der Waals surface area contributed by atoms with Crippen LogP contribution in [0, 0.1) is 6.92 Å². The van der Waals surface area contributed by atoms with Gasteiger partial charge in [-0.3, -0.25) is 4.98 Å². The number of benzene rings is 1. The molecule has 1 aromatic heterocycles. The Kier molecular flexibility index (Phi) is 4.98. The molecule has 0 saturated heterocycles. The van der Waals surface area contributed by atoms with Crippen LogP contribution >= 0.6 is 0 Å². The average Bonchev–Trinajstić information content (AvgIpc) is 2.42. The predicted molar refractivity (Wildman–Crippen MR) is 74.8 cm³/mol. The summed E-state index contributed by atoms with van der Waals surface area (Å²) in [7, 11) is 0. The van der Waals surface area contributed by atoms with Crippen molar-refractivity contribution in [3.8, 4) is 0 Å². The fourth-order valence-electron chi connectivity index (χ4n) is 2.03. The molecule has 1 unspecified atom stereocenters. The Morgan fingerprint density at radius 3 is 2.80 bits per heavy atom. The summed E-state index contributed by atoms with van der Waals surface area (Å²) in [4.78, 5) is 4.42. The van der Waals surface area contributed by atoms with Crippen LogP contribution in [0.1, 0.15) is 23.7 Å². The lowest BCUT2D eigenvalue weighted by Crippen LogP contribution is -2.14. The second-order valence-corrected chi connectivity index (χ2v) is 4.77. The molecule has 3 nitrogen and oxygen atoms in total. The van der Waals surface area contributed by atoms with Crippen molar-refractivity contribution in [3.63, 3.8) is 0 Å². The molecule has 1 atom stereocenters. The van der Waals surface area contributed by atoms with Gasteiger partial charge in [-0.1, -0.05) is 12.1 Å². The number of aryl methyl sites for hydroxylation is 1. The number of aromatic nitrogens is 1. The van der Waals surface area contributed by atoms with Gasteiger partial charge in [-0.2, -0.15) is 0 Å². The Morgan fingerprint density at radius 2 is 2.05 bits per heavy atom. The van der Waals surface area contributed by atoms with Crippen LogP contribution in [0.5, 0.6) is 0 Å². The number of ether oxygens (including phenoxy) is 1. The van der Waals surface area contributed by atoms with E-state index in [0.717, 1.165) is 22.2 Å². The molecule has 0 fully saturated rings. The van der Waals surface area contributed by atoms with E-state index in [1.807, 2.05) is 37.3 Å². The highest BCUT2D eigenvalue weighted by Crippen LogP contribution is 2.20. The van der Waals surface area contributed by atoms with Gasteiger partial charge in [0, 0.05) is 23.7 Å². The Bertz CT molecular complexity index is 575. The number of rotatable bonds is 6. The number of fused-ring (bicyclic) bond motifs is 1. The number of halogens is 2. The second kappa shape index (κ2) is 6.72. The highest BCUT2D eigenvalue weighted by Gasteiger charge is 2.08. The molecule has 2 aromatic rings. The van der Waals surface area contributed by atoms with E-state index in [-0.39, 0.29) is 12.6 Å². The molecule has 0 bridgehead atoms. The van der Waals surface area contributed by atoms with E-state index in [0.29, 0.717) is 6.42 Å². The van der Waals surface area contributed by atoms with Crippen molar-refractivity contribution >= 4 is 10.9 Å². The topological polar surface area (TPSA) is 48.1 Å². The van der Waals surface area contributed by atoms with Gasteiger partial charge in [0.2, 0.25) is 0 Å². The Labute approximate surface area is 116 Å². The third-order valence-electron chi connectivity index (χ3n) is 3.10. The zero-order chi connectivity index (χ0) is 14.5. The van der Waals surface area contributed by atoms with Crippen LogP contribution in [0.25, 0.3) is 10.9 Å². The minimum absolute atomic E-state index is 0.224. The quantitative estimate of drug-likeness (QED) is 0.826. The van der Waals surface area contributed by atoms with Gasteiger partial charge >= 0.3 is 0 Å². The van der Waals surface area contributed by atoms with E-state index in [2.05, 4.69) is 4.98 Å². The van der Waals surface area contributed by atoms with Crippen molar-refractivity contribution in [2.45, 2.75) is 25.8 Å². The van der Waals surface area contributed by atoms with Crippen LogP contribution in [-0.2, 0) is 4.74 Å². The van der Waals surface area contributed by atoms with Gasteiger partial charge in [0.05, 0.1) is 5.52 Å². The Morgan fingerprint density at radius 1 is 1.25 bits per heavy atom. The number of hydrogen-bond acceptors (Lipinski definition) is 3. The number of pyridine rings is 1. The second-order valence-electron chi connectivity index (χ2n) is 4.77. The first-order valence-corrected chi connectivity index (χ1v) is 6.55. The summed E-state index contributed by atoms with van der Waals surface area (Å²) < 4.78 is 28.7. The number of alkyl halides is 2. The molecule has 1 heterocycles. The van der Waals surface area contributed by atoms with Gasteiger partial charge in [-0.25, -0.2) is 8.78 Å². The molecule has 5 heteroatoms. The molecule has 0 aliphatic rings. The zero-order valence-corrected chi connectivity index (χ0v) is 11.4. The largest absolute Gasteiger partial charge is 0.375 e. The molecule has 108 valence electrons. The number of hydrogen-bond donors (Lipinski definition) is 1. The average molecular weight is 280 g/mol. The van der Waals surface area contributed by atoms with Crippen molar-refractivity contribution in [2.24, 2.45) is 5.73 Å². The van der Waals surface area contributed by atoms with E-state index in [9.17, 15) is 8.78 Å². The van der Waals surface area contributed by atoms with Crippen LogP contribution in [0.4, 0.5) is 8.78 Å². The molecule has 0 aliphatic heterocycles. The van der Waals surface area contributed by atoms with Crippen molar-refractivity contribution < 1.29 is 13.5 Å². The fraction of sp³-hybridized carbons (Fsp3) is 0.400. The first-order valence-electron chi connectivity index (χ1n) is 6.55. The van der Waals surface area contributed by atoms with Crippen molar-refractivity contribution in [2.75, 3.05) is 13.2 Å². The van der Waals surface area contributed by atoms with Crippen molar-refractivity contribution in [1.82, 2.24) is 4.98 Å². The highest BCUT2D eigenvalue weighted by atomic mass is 19.3. The maximum Gasteiger partial charge on any atom is 0.261 e. The fourth-order valence-corrected chi connectivity index (χ4v) is 2.03. The molecule has 0 amide bonds. The van der Waals surface area contributed by atoms with E-state index in [4.69, 9.17) is 10.5 Å². The van der Waals surface area contributed by atoms with Crippen LogP contribution in [0.3, 0.4) is 0 Å². The molecule has 2 N–H and O–H groups in total. The summed E-state index contributed by atoms with van der Waals surface area (Å²) in [5.74, 6) is 0. The van der Waals surface area contributed by atoms with Crippen LogP contribution < -0.4 is 5.73 Å². The van der Waals surface area contributed by atoms with Gasteiger partial charge in [0.1, 0.15) is 6.61 Å². The first-order chi connectivity index (χ1) is 9.56. The van der Waals surface area contributed by atoms with Crippen LogP contribution in [0.2, 0.25) is 0 Å². The maximum absolute atomic E-state index is 11.9. The lowest BCUT2D eigenvalue weighted by Gasteiger charge is -2.13. The number of nitrogens with zero attached hydrogens (tertiary/aromatic N) is 1. The van der Waals surface area contributed by atoms with Gasteiger partial charge < -0.3 is 10.5 Å². The standard InChI is InChI=1S/C15H18F2N2O/c1-10-2-3-12-8-11(4-5-14(12)19-10)13(18)6-7-20-9-15(16)17/h2-5,8,13,15H,6-7,9,18H2,1H3. The predicted octanol–water partition coefficient (Wildman–Crippen LogP) is 3.21. The summed E-state index contributed by atoms with van der Waals surface area (Å²) in [6, 6.07) is 9.56. The summed E-state index contributed by atoms with van der Waals surface area (Å²) >= 11 is 0. The smallest absolute Gasteiger partial charge is 0.261 e. The van der Waals surface area contributed by atoms with Gasteiger partial charge in [0.25, 0.3) is 6.43 Å². The van der Waals surface area contributed by atoms with Crippen molar-refractivity contribution in [3.05, 3.63) is 41.6 Å². The molecule has 20 heavy (non-hydrogen) atoms. The minimum Gasteiger partial charge on any atom is -0.375 e. The summed E-state index contributed by atoms with van der Waals surface area (Å²) in [6.45, 7) is 1.64. The lowest BCUT2D eigenvalue weighted by atomic mass is 10.0. The molecule has 1 aromatic carbocycles. The summed E-state index contributed by atoms with van der Waals surface area (Å²) in [5.41, 5.74) is 8.90. The third-order valence-corrected chi connectivity index (χ3v) is 3.10. The normalized spacial score (nSPS) is 13.1. The van der Waals surface area contributed by atoms with E-state index in [1.165, 1.54) is 0 Å². The van der Waals surface area contributed by atoms with E-state index in [1.54, 1.807) is 0 Å². The maximum atomic E-state index is 11.9. The van der Waals surface area contributed by atoms with Gasteiger partial charge in [-0.05, 0) is 37.1 Å². The molecular weight excluding hydrogens is 262 g/mol. The summed E-state index contributed by atoms with van der Waals surface area (Å²) in [6.07, 6.45) is -1.92. The molecule has 0 radical (unpaired) electrons. The van der Waals surface area contributed by atoms with Crippen LogP contribution in [-0.4, -0.2) is 24.6 Å². The molecular formula is C15H18F2N2O. The first kappa shape index (κ1) is 14.8. The molecule has 0 saturated carbocycles. The summed E-state index contributed by atoms with van der Waals surface area (Å²) in [5, 5.41) is 1.03. The lowest BCUT2D eigenvalue weighted by molar-refractivity contribution is 0.0152. The Hall–Kier alpha value is -1.59. The van der Waals surface area contributed by atoms with Gasteiger partial charge in [0.15, 0.2) is 0 Å². The third kappa shape index (κ3) is 3.95. The zero-order valence-electron chi connectivity index (χ0n) is 11.4. The van der Waals surface area contributed by atoms with Gasteiger partial charge in [-0.15, -0.1) is 0 Å². The van der Waals surface area contributed by atoms with E-state index < -0.39 is 13.0 Å². The monoisotopic (exact) mass is 280 g/mol. The van der Waals surface area contributed by atoms with Crippen molar-refractivity contribution in [1.29, 1.82) is 0 Å². The molecule has 0 aliphatic carbocycles. The van der Waals surface area contributed by atoms with Crippen LogP contribution in [0.15, 0.2) is 30.3 Å². The minimum atomic E-state index is -2.43. The molecule has 2 rings (SSSR count). The number of nitrogens with two attached hydrogens (primary N) is 1. The highest BCUT2D eigenvalue weighted by molar-refractivity contribution is 5.79. The van der Waals surface area contributed by atoms with E-state index >= 15 is 0 Å². The Balaban J connectivity index is 1.99. The SMILES string of the molecule is Cc1ccc2cc(C(N)CCOCC(F)F)ccc2n1.